The number of nitrogens with two attached hydrogens (primary N) is 1. The lowest BCUT2D eigenvalue weighted by molar-refractivity contribution is -0.121. The molecule has 0 unspecified atom stereocenters. The number of carbonyl (C=O) groups is 2. The summed E-state index contributed by atoms with van der Waals surface area (Å²) in [6, 6.07) is 7.51. The Bertz CT molecular complexity index is 697. The molecule has 1 aromatic carbocycles. The number of amides is 2. The Morgan fingerprint density at radius 2 is 2.04 bits per heavy atom. The maximum absolute atomic E-state index is 12.1. The van der Waals surface area contributed by atoms with Crippen LogP contribution < -0.4 is 15.8 Å². The van der Waals surface area contributed by atoms with Crippen molar-refractivity contribution in [1.29, 1.82) is 0 Å². The van der Waals surface area contributed by atoms with Crippen LogP contribution in [0.4, 0.5) is 0 Å². The predicted molar refractivity (Wildman–Crippen MR) is 93.2 cm³/mol. The van der Waals surface area contributed by atoms with E-state index in [0.29, 0.717) is 23.6 Å². The molecule has 1 heterocycles. The van der Waals surface area contributed by atoms with Crippen LogP contribution in [0.5, 0.6) is 5.75 Å². The molecular formula is C17H21N3O3S. The summed E-state index contributed by atoms with van der Waals surface area (Å²) in [5, 5.41) is 2.77. The van der Waals surface area contributed by atoms with E-state index >= 15 is 0 Å². The number of hydrogen-bond acceptors (Lipinski definition) is 5. The Balaban J connectivity index is 1.95. The first kappa shape index (κ1) is 17.9. The quantitative estimate of drug-likeness (QED) is 0.763. The number of hydrogen-bond donors (Lipinski definition) is 2. The van der Waals surface area contributed by atoms with Crippen molar-refractivity contribution in [3.05, 3.63) is 45.9 Å². The van der Waals surface area contributed by atoms with Crippen molar-refractivity contribution in [2.45, 2.75) is 20.3 Å². The first-order valence-corrected chi connectivity index (χ1v) is 8.58. The highest BCUT2D eigenvalue weighted by atomic mass is 32.1. The summed E-state index contributed by atoms with van der Waals surface area (Å²) in [4.78, 5) is 28.4. The van der Waals surface area contributed by atoms with Crippen LogP contribution in [0.3, 0.4) is 0 Å². The lowest BCUT2D eigenvalue weighted by Crippen LogP contribution is -2.37. The SMILES string of the molecule is CCOc1ccc(C[C@H](CNC(=O)c2scnc2C)C(N)=O)cc1. The summed E-state index contributed by atoms with van der Waals surface area (Å²) in [6.07, 6.45) is 0.462. The highest BCUT2D eigenvalue weighted by molar-refractivity contribution is 7.11. The summed E-state index contributed by atoms with van der Waals surface area (Å²) in [5.74, 6) is -0.357. The summed E-state index contributed by atoms with van der Waals surface area (Å²) < 4.78 is 5.39. The van der Waals surface area contributed by atoms with Gasteiger partial charge in [0, 0.05) is 6.54 Å². The van der Waals surface area contributed by atoms with Gasteiger partial charge in [0.1, 0.15) is 10.6 Å². The molecule has 0 aliphatic carbocycles. The van der Waals surface area contributed by atoms with Gasteiger partial charge in [-0.15, -0.1) is 11.3 Å². The summed E-state index contributed by atoms with van der Waals surface area (Å²) >= 11 is 1.27. The van der Waals surface area contributed by atoms with Gasteiger partial charge in [0.15, 0.2) is 0 Å². The van der Waals surface area contributed by atoms with E-state index in [-0.39, 0.29) is 12.5 Å². The number of rotatable bonds is 8. The number of carbonyl (C=O) groups excluding carboxylic acids is 2. The zero-order valence-electron chi connectivity index (χ0n) is 13.7. The highest BCUT2D eigenvalue weighted by Crippen LogP contribution is 2.16. The van der Waals surface area contributed by atoms with E-state index in [4.69, 9.17) is 10.5 Å². The molecule has 0 fully saturated rings. The molecule has 3 N–H and O–H groups in total. The highest BCUT2D eigenvalue weighted by Gasteiger charge is 2.19. The molecule has 0 bridgehead atoms. The van der Waals surface area contributed by atoms with Crippen LogP contribution in [-0.2, 0) is 11.2 Å². The smallest absolute Gasteiger partial charge is 0.263 e. The van der Waals surface area contributed by atoms with Crippen LogP contribution in [0.15, 0.2) is 29.8 Å². The fourth-order valence-electron chi connectivity index (χ4n) is 2.26. The Labute approximate surface area is 145 Å². The van der Waals surface area contributed by atoms with Crippen LogP contribution in [-0.4, -0.2) is 29.9 Å². The number of aromatic nitrogens is 1. The first-order valence-electron chi connectivity index (χ1n) is 7.70. The molecule has 0 radical (unpaired) electrons. The molecule has 6 nitrogen and oxygen atoms in total. The van der Waals surface area contributed by atoms with Gasteiger partial charge in [-0.25, -0.2) is 4.98 Å². The van der Waals surface area contributed by atoms with Crippen LogP contribution >= 0.6 is 11.3 Å². The average Bonchev–Trinajstić information content (AvgIpc) is 2.99. The molecule has 24 heavy (non-hydrogen) atoms. The number of thiazole rings is 1. The van der Waals surface area contributed by atoms with E-state index in [1.165, 1.54) is 11.3 Å². The minimum Gasteiger partial charge on any atom is -0.494 e. The van der Waals surface area contributed by atoms with E-state index in [2.05, 4.69) is 10.3 Å². The fourth-order valence-corrected chi connectivity index (χ4v) is 2.98. The van der Waals surface area contributed by atoms with Crippen molar-refractivity contribution in [1.82, 2.24) is 10.3 Å². The standard InChI is InChI=1S/C17H21N3O3S/c1-3-23-14-6-4-12(5-7-14)8-13(16(18)21)9-19-17(22)15-11(2)20-10-24-15/h4-7,10,13H,3,8-9H2,1-2H3,(H2,18,21)(H,19,22)/t13-/m1/s1. The third-order valence-corrected chi connectivity index (χ3v) is 4.51. The van der Waals surface area contributed by atoms with Crippen LogP contribution in [0.1, 0.15) is 27.9 Å². The maximum atomic E-state index is 12.1. The van der Waals surface area contributed by atoms with Crippen LogP contribution in [0, 0.1) is 12.8 Å². The largest absolute Gasteiger partial charge is 0.494 e. The Morgan fingerprint density at radius 3 is 2.58 bits per heavy atom. The molecule has 2 amide bonds. The zero-order valence-corrected chi connectivity index (χ0v) is 14.6. The third-order valence-electron chi connectivity index (χ3n) is 3.58. The van der Waals surface area contributed by atoms with Gasteiger partial charge in [-0.2, -0.15) is 0 Å². The minimum absolute atomic E-state index is 0.193. The average molecular weight is 347 g/mol. The normalized spacial score (nSPS) is 11.8. The molecule has 2 aromatic rings. The van der Waals surface area contributed by atoms with E-state index in [0.717, 1.165) is 11.3 Å². The second-order valence-electron chi connectivity index (χ2n) is 5.36. The van der Waals surface area contributed by atoms with E-state index in [1.54, 1.807) is 12.4 Å². The molecule has 0 aliphatic rings. The number of nitrogens with one attached hydrogen (secondary N) is 1. The van der Waals surface area contributed by atoms with Gasteiger partial charge in [-0.05, 0) is 38.0 Å². The van der Waals surface area contributed by atoms with Crippen molar-refractivity contribution in [2.24, 2.45) is 11.7 Å². The maximum Gasteiger partial charge on any atom is 0.263 e. The molecule has 0 saturated carbocycles. The zero-order chi connectivity index (χ0) is 17.5. The van der Waals surface area contributed by atoms with Gasteiger partial charge in [0.2, 0.25) is 5.91 Å². The molecule has 1 atom stereocenters. The van der Waals surface area contributed by atoms with E-state index in [9.17, 15) is 9.59 Å². The van der Waals surface area contributed by atoms with Gasteiger partial charge >= 0.3 is 0 Å². The molecule has 7 heteroatoms. The fraction of sp³-hybridized carbons (Fsp3) is 0.353. The first-order chi connectivity index (χ1) is 11.5. The minimum atomic E-state index is -0.472. The number of nitrogens with zero attached hydrogens (tertiary/aromatic N) is 1. The van der Waals surface area contributed by atoms with Gasteiger partial charge < -0.3 is 15.8 Å². The molecule has 128 valence electrons. The molecule has 0 spiro atoms. The van der Waals surface area contributed by atoms with Gasteiger partial charge in [0.05, 0.1) is 23.7 Å². The van der Waals surface area contributed by atoms with Crippen LogP contribution in [0.25, 0.3) is 0 Å². The summed E-state index contributed by atoms with van der Waals surface area (Å²) in [7, 11) is 0. The van der Waals surface area contributed by atoms with Crippen molar-refractivity contribution in [3.63, 3.8) is 0 Å². The van der Waals surface area contributed by atoms with E-state index in [1.807, 2.05) is 31.2 Å². The second-order valence-corrected chi connectivity index (χ2v) is 6.21. The number of primary amides is 1. The monoisotopic (exact) mass is 347 g/mol. The molecular weight excluding hydrogens is 326 g/mol. The van der Waals surface area contributed by atoms with E-state index < -0.39 is 11.8 Å². The number of aryl methyl sites for hydroxylation is 1. The van der Waals surface area contributed by atoms with Crippen molar-refractivity contribution < 1.29 is 14.3 Å². The third kappa shape index (κ3) is 4.79. The predicted octanol–water partition coefficient (Wildman–Crippen LogP) is 1.92. The number of benzene rings is 1. The van der Waals surface area contributed by atoms with Gasteiger partial charge in [-0.3, -0.25) is 9.59 Å². The lowest BCUT2D eigenvalue weighted by atomic mass is 9.98. The van der Waals surface area contributed by atoms with Crippen molar-refractivity contribution >= 4 is 23.2 Å². The topological polar surface area (TPSA) is 94.3 Å². The molecule has 0 aliphatic heterocycles. The number of ether oxygens (including phenoxy) is 1. The lowest BCUT2D eigenvalue weighted by Gasteiger charge is -2.14. The second kappa shape index (κ2) is 8.44. The van der Waals surface area contributed by atoms with Crippen molar-refractivity contribution in [2.75, 3.05) is 13.2 Å². The Morgan fingerprint density at radius 1 is 1.33 bits per heavy atom. The molecule has 0 saturated heterocycles. The molecule has 2 rings (SSSR count). The summed E-state index contributed by atoms with van der Waals surface area (Å²) in [5.41, 5.74) is 8.74. The summed E-state index contributed by atoms with van der Waals surface area (Å²) in [6.45, 7) is 4.49. The van der Waals surface area contributed by atoms with Gasteiger partial charge in [-0.1, -0.05) is 12.1 Å². The Kier molecular flexibility index (Phi) is 6.31. The van der Waals surface area contributed by atoms with Crippen molar-refractivity contribution in [3.8, 4) is 5.75 Å². The Hall–Kier alpha value is -2.41. The van der Waals surface area contributed by atoms with Crippen LogP contribution in [0.2, 0.25) is 0 Å². The van der Waals surface area contributed by atoms with Gasteiger partial charge in [0.25, 0.3) is 5.91 Å². The molecule has 1 aromatic heterocycles.